The minimum absolute atomic E-state index is 0.421. The number of nitrogens with zero attached hydrogens (tertiary/aromatic N) is 5. The van der Waals surface area contributed by atoms with Crippen LogP contribution in [0.5, 0.6) is 0 Å². The SMILES string of the molecule is C=CCn1c(SCc2nc(-c3ccco3)no2)nnc1-c1ccco1. The number of thioether (sulfide) groups is 1. The predicted octanol–water partition coefficient (Wildman–Crippen LogP) is 3.66. The normalized spacial score (nSPS) is 11.0. The molecule has 0 fully saturated rings. The Hall–Kier alpha value is -3.07. The lowest BCUT2D eigenvalue weighted by Crippen LogP contribution is -2.00. The van der Waals surface area contributed by atoms with E-state index in [2.05, 4.69) is 26.9 Å². The molecule has 0 spiro atoms. The Balaban J connectivity index is 1.52. The van der Waals surface area contributed by atoms with E-state index >= 15 is 0 Å². The van der Waals surface area contributed by atoms with Crippen LogP contribution in [0.3, 0.4) is 0 Å². The average Bonchev–Trinajstić information content (AvgIpc) is 3.38. The van der Waals surface area contributed by atoms with Gasteiger partial charge in [-0.15, -0.1) is 16.8 Å². The molecule has 4 aromatic rings. The molecule has 4 heterocycles. The molecule has 0 saturated carbocycles. The van der Waals surface area contributed by atoms with E-state index < -0.39 is 0 Å². The van der Waals surface area contributed by atoms with Crippen molar-refractivity contribution in [2.24, 2.45) is 0 Å². The summed E-state index contributed by atoms with van der Waals surface area (Å²) in [7, 11) is 0. The van der Waals surface area contributed by atoms with Gasteiger partial charge in [0.1, 0.15) is 0 Å². The fourth-order valence-electron chi connectivity index (χ4n) is 2.22. The van der Waals surface area contributed by atoms with Gasteiger partial charge >= 0.3 is 0 Å². The van der Waals surface area contributed by atoms with Gasteiger partial charge in [0.05, 0.1) is 18.3 Å². The van der Waals surface area contributed by atoms with Crippen LogP contribution in [0.1, 0.15) is 5.89 Å². The molecule has 0 saturated heterocycles. The lowest BCUT2D eigenvalue weighted by molar-refractivity contribution is 0.390. The van der Waals surface area contributed by atoms with E-state index in [0.717, 1.165) is 0 Å². The molecule has 0 aliphatic carbocycles. The van der Waals surface area contributed by atoms with Crippen LogP contribution >= 0.6 is 11.8 Å². The van der Waals surface area contributed by atoms with E-state index in [-0.39, 0.29) is 0 Å². The second-order valence-electron chi connectivity index (χ2n) is 4.96. The standard InChI is InChI=1S/C16H13N5O3S/c1-2-7-21-15(12-6-4-9-23-12)18-19-16(21)25-10-13-17-14(20-24-13)11-5-3-8-22-11/h2-6,8-9H,1,7,10H2. The highest BCUT2D eigenvalue weighted by molar-refractivity contribution is 7.98. The van der Waals surface area contributed by atoms with Crippen molar-refractivity contribution in [2.45, 2.75) is 17.5 Å². The molecule has 9 heteroatoms. The highest BCUT2D eigenvalue weighted by Gasteiger charge is 2.17. The second-order valence-corrected chi connectivity index (χ2v) is 5.90. The van der Waals surface area contributed by atoms with Gasteiger partial charge in [0, 0.05) is 6.54 Å². The molecule has 0 atom stereocenters. The van der Waals surface area contributed by atoms with Gasteiger partial charge in [0.2, 0.25) is 17.5 Å². The molecule has 0 aromatic carbocycles. The van der Waals surface area contributed by atoms with E-state index in [0.29, 0.717) is 46.5 Å². The summed E-state index contributed by atoms with van der Waals surface area (Å²) in [6.45, 7) is 4.34. The highest BCUT2D eigenvalue weighted by Crippen LogP contribution is 2.27. The summed E-state index contributed by atoms with van der Waals surface area (Å²) >= 11 is 1.44. The maximum Gasteiger partial charge on any atom is 0.238 e. The molecule has 25 heavy (non-hydrogen) atoms. The number of furan rings is 2. The Labute approximate surface area is 146 Å². The summed E-state index contributed by atoms with van der Waals surface area (Å²) in [5, 5.41) is 13.0. The molecular weight excluding hydrogens is 342 g/mol. The van der Waals surface area contributed by atoms with Gasteiger partial charge in [-0.2, -0.15) is 4.98 Å². The smallest absolute Gasteiger partial charge is 0.238 e. The van der Waals surface area contributed by atoms with Crippen molar-refractivity contribution in [1.29, 1.82) is 0 Å². The summed E-state index contributed by atoms with van der Waals surface area (Å²) in [5.41, 5.74) is 0. The number of hydrogen-bond acceptors (Lipinski definition) is 8. The number of allylic oxidation sites excluding steroid dienone is 1. The quantitative estimate of drug-likeness (QED) is 0.366. The predicted molar refractivity (Wildman–Crippen MR) is 89.5 cm³/mol. The van der Waals surface area contributed by atoms with Crippen molar-refractivity contribution in [3.05, 3.63) is 55.3 Å². The van der Waals surface area contributed by atoms with Crippen LogP contribution < -0.4 is 0 Å². The molecule has 8 nitrogen and oxygen atoms in total. The summed E-state index contributed by atoms with van der Waals surface area (Å²) in [4.78, 5) is 4.31. The molecule has 4 aromatic heterocycles. The van der Waals surface area contributed by atoms with Crippen molar-refractivity contribution in [3.63, 3.8) is 0 Å². The first-order valence-corrected chi connectivity index (χ1v) is 8.41. The Morgan fingerprint density at radius 1 is 1.12 bits per heavy atom. The van der Waals surface area contributed by atoms with Crippen molar-refractivity contribution in [1.82, 2.24) is 24.9 Å². The van der Waals surface area contributed by atoms with E-state index in [1.54, 1.807) is 30.7 Å². The van der Waals surface area contributed by atoms with Crippen LogP contribution in [-0.2, 0) is 12.3 Å². The summed E-state index contributed by atoms with van der Waals surface area (Å²) in [6, 6.07) is 7.20. The Morgan fingerprint density at radius 2 is 1.92 bits per heavy atom. The third-order valence-corrected chi connectivity index (χ3v) is 4.26. The third-order valence-electron chi connectivity index (χ3n) is 3.30. The van der Waals surface area contributed by atoms with Crippen molar-refractivity contribution < 1.29 is 13.4 Å². The van der Waals surface area contributed by atoms with Crippen LogP contribution in [-0.4, -0.2) is 24.9 Å². The molecule has 126 valence electrons. The summed E-state index contributed by atoms with van der Waals surface area (Å²) in [6.07, 6.45) is 4.94. The van der Waals surface area contributed by atoms with Gasteiger partial charge in [0.25, 0.3) is 0 Å². The van der Waals surface area contributed by atoms with Crippen LogP contribution in [0.2, 0.25) is 0 Å². The fraction of sp³-hybridized carbons (Fsp3) is 0.125. The van der Waals surface area contributed by atoms with Gasteiger partial charge in [-0.3, -0.25) is 4.57 Å². The van der Waals surface area contributed by atoms with Gasteiger partial charge in [-0.05, 0) is 24.3 Å². The zero-order valence-corrected chi connectivity index (χ0v) is 13.8. The van der Waals surface area contributed by atoms with Crippen molar-refractivity contribution >= 4 is 11.8 Å². The fourth-order valence-corrected chi connectivity index (χ4v) is 3.01. The number of rotatable bonds is 7. The molecule has 4 rings (SSSR count). The largest absolute Gasteiger partial charge is 0.461 e. The first kappa shape index (κ1) is 15.5. The zero-order valence-electron chi connectivity index (χ0n) is 13.0. The Kier molecular flexibility index (Phi) is 4.21. The van der Waals surface area contributed by atoms with Crippen LogP contribution in [0, 0.1) is 0 Å². The molecule has 0 unspecified atom stereocenters. The summed E-state index contributed by atoms with van der Waals surface area (Å²) < 4.78 is 17.8. The lowest BCUT2D eigenvalue weighted by atomic mass is 10.4. The molecule has 0 radical (unpaired) electrons. The first-order chi connectivity index (χ1) is 12.3. The van der Waals surface area contributed by atoms with Gasteiger partial charge in [0.15, 0.2) is 16.7 Å². The molecule has 0 amide bonds. The molecule has 0 bridgehead atoms. The Bertz CT molecular complexity index is 956. The van der Waals surface area contributed by atoms with Gasteiger partial charge in [-0.25, -0.2) is 0 Å². The van der Waals surface area contributed by atoms with Crippen LogP contribution in [0.15, 0.2) is 68.0 Å². The van der Waals surface area contributed by atoms with Gasteiger partial charge in [-0.1, -0.05) is 23.0 Å². The van der Waals surface area contributed by atoms with Crippen molar-refractivity contribution in [3.8, 4) is 23.2 Å². The monoisotopic (exact) mass is 355 g/mol. The van der Waals surface area contributed by atoms with E-state index in [1.807, 2.05) is 16.7 Å². The van der Waals surface area contributed by atoms with E-state index in [4.69, 9.17) is 13.4 Å². The van der Waals surface area contributed by atoms with Gasteiger partial charge < -0.3 is 13.4 Å². The average molecular weight is 355 g/mol. The second kappa shape index (κ2) is 6.81. The number of hydrogen-bond donors (Lipinski definition) is 0. The van der Waals surface area contributed by atoms with E-state index in [1.165, 1.54) is 11.8 Å². The highest BCUT2D eigenvalue weighted by atomic mass is 32.2. The third kappa shape index (κ3) is 3.13. The Morgan fingerprint density at radius 3 is 2.64 bits per heavy atom. The van der Waals surface area contributed by atoms with Crippen molar-refractivity contribution in [2.75, 3.05) is 0 Å². The molecule has 0 aliphatic heterocycles. The molecule has 0 aliphatic rings. The molecular formula is C16H13N5O3S. The minimum Gasteiger partial charge on any atom is -0.461 e. The minimum atomic E-state index is 0.421. The summed E-state index contributed by atoms with van der Waals surface area (Å²) in [5.74, 6) is 3.22. The first-order valence-electron chi connectivity index (χ1n) is 7.42. The number of aromatic nitrogens is 5. The topological polar surface area (TPSA) is 95.9 Å². The van der Waals surface area contributed by atoms with E-state index in [9.17, 15) is 0 Å². The van der Waals surface area contributed by atoms with Crippen LogP contribution in [0.4, 0.5) is 0 Å². The molecule has 0 N–H and O–H groups in total. The van der Waals surface area contributed by atoms with Crippen LogP contribution in [0.25, 0.3) is 23.2 Å². The zero-order chi connectivity index (χ0) is 17.1. The maximum atomic E-state index is 5.41. The maximum absolute atomic E-state index is 5.41. The lowest BCUT2D eigenvalue weighted by Gasteiger charge is -2.04.